The number of sulfone groups is 1. The van der Waals surface area contributed by atoms with Crippen molar-refractivity contribution >= 4 is 15.6 Å². The molecule has 0 aliphatic rings. The van der Waals surface area contributed by atoms with Crippen LogP contribution in [0.5, 0.6) is 0 Å². The molecule has 0 aliphatic heterocycles. The summed E-state index contributed by atoms with van der Waals surface area (Å²) in [4.78, 5) is 15.7. The predicted molar refractivity (Wildman–Crippen MR) is 65.7 cm³/mol. The molecule has 7 heteroatoms. The second-order valence-electron chi connectivity index (χ2n) is 5.37. The van der Waals surface area contributed by atoms with E-state index in [1.807, 2.05) is 0 Å². The molecule has 1 unspecified atom stereocenters. The molecule has 0 saturated carbocycles. The summed E-state index contributed by atoms with van der Waals surface area (Å²) < 4.78 is 27.6. The Balaban J connectivity index is 2.86. The van der Waals surface area contributed by atoms with Crippen LogP contribution in [0.2, 0.25) is 0 Å². The predicted octanol–water partition coefficient (Wildman–Crippen LogP) is 1.33. The highest BCUT2D eigenvalue weighted by molar-refractivity contribution is 7.90. The van der Waals surface area contributed by atoms with E-state index < -0.39 is 20.5 Å². The van der Waals surface area contributed by atoms with Crippen molar-refractivity contribution in [1.82, 2.24) is 10.1 Å². The molecule has 0 saturated heterocycles. The summed E-state index contributed by atoms with van der Waals surface area (Å²) in [5, 5.41) is 2.77. The lowest BCUT2D eigenvalue weighted by atomic mass is 9.89. The number of carbonyl (C=O) groups is 1. The van der Waals surface area contributed by atoms with Crippen LogP contribution in [-0.2, 0) is 21.1 Å². The fourth-order valence-corrected chi connectivity index (χ4v) is 1.58. The van der Waals surface area contributed by atoms with Gasteiger partial charge < -0.3 is 4.52 Å². The van der Waals surface area contributed by atoms with E-state index in [0.717, 1.165) is 6.26 Å². The molecule has 1 aromatic rings. The molecule has 0 radical (unpaired) electrons. The molecule has 0 bridgehead atoms. The molecular formula is C11H18N2O4S. The van der Waals surface area contributed by atoms with Crippen LogP contribution in [0, 0.1) is 5.41 Å². The smallest absolute Gasteiger partial charge is 0.234 e. The van der Waals surface area contributed by atoms with E-state index in [2.05, 4.69) is 10.1 Å². The summed E-state index contributed by atoms with van der Waals surface area (Å²) in [5.41, 5.74) is -0.489. The molecule has 0 aromatic carbocycles. The molecule has 18 heavy (non-hydrogen) atoms. The number of rotatable bonds is 4. The van der Waals surface area contributed by atoms with E-state index in [0.29, 0.717) is 0 Å². The molecular weight excluding hydrogens is 256 g/mol. The van der Waals surface area contributed by atoms with E-state index in [9.17, 15) is 13.2 Å². The molecule has 102 valence electrons. The van der Waals surface area contributed by atoms with Crippen molar-refractivity contribution in [2.75, 3.05) is 6.26 Å². The number of Topliss-reactive ketones (excluding diaryl/α,β-unsaturated/α-hetero) is 1. The van der Waals surface area contributed by atoms with Crippen molar-refractivity contribution < 1.29 is 17.7 Å². The highest BCUT2D eigenvalue weighted by Crippen LogP contribution is 2.20. The van der Waals surface area contributed by atoms with Crippen LogP contribution in [0.3, 0.4) is 0 Å². The quantitative estimate of drug-likeness (QED) is 0.822. The lowest BCUT2D eigenvalue weighted by Gasteiger charge is -2.14. The average Bonchev–Trinajstić information content (AvgIpc) is 2.62. The summed E-state index contributed by atoms with van der Waals surface area (Å²) in [5.74, 6) is 0.208. The van der Waals surface area contributed by atoms with Gasteiger partial charge in [-0.25, -0.2) is 8.42 Å². The van der Waals surface area contributed by atoms with Crippen molar-refractivity contribution in [3.63, 3.8) is 0 Å². The third-order valence-electron chi connectivity index (χ3n) is 2.64. The summed E-state index contributed by atoms with van der Waals surface area (Å²) in [7, 11) is -3.27. The van der Waals surface area contributed by atoms with Crippen molar-refractivity contribution in [1.29, 1.82) is 0 Å². The Morgan fingerprint density at radius 2 is 1.94 bits per heavy atom. The minimum absolute atomic E-state index is 0.0208. The molecule has 0 spiro atoms. The summed E-state index contributed by atoms with van der Waals surface area (Å²) in [6, 6.07) is 0. The standard InChI is InChI=1S/C11H18N2O4S/c1-7(18(5,15)16)10-12-9(17-13-10)6-8(14)11(2,3)4/h7H,6H2,1-5H3. The second-order valence-corrected chi connectivity index (χ2v) is 7.73. The Bertz CT molecular complexity index is 540. The van der Waals surface area contributed by atoms with Gasteiger partial charge in [0.2, 0.25) is 5.89 Å². The second kappa shape index (κ2) is 4.79. The van der Waals surface area contributed by atoms with Crippen LogP contribution in [0.15, 0.2) is 4.52 Å². The number of nitrogens with zero attached hydrogens (tertiary/aromatic N) is 2. The number of carbonyl (C=O) groups excluding carboxylic acids is 1. The Hall–Kier alpha value is -1.24. The van der Waals surface area contributed by atoms with Crippen molar-refractivity contribution in [2.45, 2.75) is 39.4 Å². The first-order valence-electron chi connectivity index (χ1n) is 5.56. The minimum Gasteiger partial charge on any atom is -0.339 e. The van der Waals surface area contributed by atoms with E-state index in [-0.39, 0.29) is 23.9 Å². The van der Waals surface area contributed by atoms with E-state index in [1.165, 1.54) is 6.92 Å². The van der Waals surface area contributed by atoms with Crippen LogP contribution in [0.25, 0.3) is 0 Å². The van der Waals surface area contributed by atoms with Gasteiger partial charge in [0.1, 0.15) is 11.0 Å². The Kier molecular flexibility index (Phi) is 3.95. The minimum atomic E-state index is -3.27. The zero-order chi connectivity index (χ0) is 14.1. The largest absolute Gasteiger partial charge is 0.339 e. The van der Waals surface area contributed by atoms with E-state index >= 15 is 0 Å². The summed E-state index contributed by atoms with van der Waals surface area (Å²) >= 11 is 0. The third kappa shape index (κ3) is 3.63. The number of ketones is 1. The van der Waals surface area contributed by atoms with Gasteiger partial charge in [-0.15, -0.1) is 0 Å². The third-order valence-corrected chi connectivity index (χ3v) is 4.13. The van der Waals surface area contributed by atoms with Gasteiger partial charge >= 0.3 is 0 Å². The Labute approximate surface area is 107 Å². The first-order chi connectivity index (χ1) is 8.01. The Morgan fingerprint density at radius 1 is 1.39 bits per heavy atom. The lowest BCUT2D eigenvalue weighted by Crippen LogP contribution is -2.22. The molecule has 1 atom stereocenters. The highest BCUT2D eigenvalue weighted by atomic mass is 32.2. The topological polar surface area (TPSA) is 90.1 Å². The van der Waals surface area contributed by atoms with Crippen molar-refractivity contribution in [3.05, 3.63) is 11.7 Å². The van der Waals surface area contributed by atoms with Crippen molar-refractivity contribution in [2.24, 2.45) is 5.41 Å². The zero-order valence-electron chi connectivity index (χ0n) is 11.2. The number of aromatic nitrogens is 2. The molecule has 1 rings (SSSR count). The monoisotopic (exact) mass is 274 g/mol. The highest BCUT2D eigenvalue weighted by Gasteiger charge is 2.26. The van der Waals surface area contributed by atoms with Gasteiger partial charge in [-0.1, -0.05) is 25.9 Å². The van der Waals surface area contributed by atoms with Crippen LogP contribution in [-0.4, -0.2) is 30.6 Å². The average molecular weight is 274 g/mol. The van der Waals surface area contributed by atoms with Gasteiger partial charge in [-0.3, -0.25) is 4.79 Å². The van der Waals surface area contributed by atoms with Crippen LogP contribution in [0.4, 0.5) is 0 Å². The maximum Gasteiger partial charge on any atom is 0.234 e. The van der Waals surface area contributed by atoms with Gasteiger partial charge in [-0.2, -0.15) is 4.98 Å². The van der Waals surface area contributed by atoms with Gasteiger partial charge in [0, 0.05) is 11.7 Å². The summed E-state index contributed by atoms with van der Waals surface area (Å²) in [6.45, 7) is 6.87. The van der Waals surface area contributed by atoms with Crippen LogP contribution < -0.4 is 0 Å². The number of hydrogen-bond donors (Lipinski definition) is 0. The van der Waals surface area contributed by atoms with E-state index in [4.69, 9.17) is 4.52 Å². The summed E-state index contributed by atoms with van der Waals surface area (Å²) in [6.07, 6.45) is 1.13. The van der Waals surface area contributed by atoms with Crippen LogP contribution >= 0.6 is 0 Å². The molecule has 0 fully saturated rings. The first-order valence-corrected chi connectivity index (χ1v) is 7.52. The maximum atomic E-state index is 11.8. The fraction of sp³-hybridized carbons (Fsp3) is 0.727. The molecule has 1 heterocycles. The maximum absolute atomic E-state index is 11.8. The van der Waals surface area contributed by atoms with Gasteiger partial charge in [0.05, 0.1) is 6.42 Å². The lowest BCUT2D eigenvalue weighted by molar-refractivity contribution is -0.125. The van der Waals surface area contributed by atoms with Gasteiger partial charge in [0.15, 0.2) is 15.7 Å². The fourth-order valence-electron chi connectivity index (χ4n) is 1.10. The normalized spacial score (nSPS) is 14.5. The molecule has 0 aliphatic carbocycles. The molecule has 0 amide bonds. The molecule has 1 aromatic heterocycles. The molecule has 6 nitrogen and oxygen atoms in total. The van der Waals surface area contributed by atoms with Gasteiger partial charge in [0.25, 0.3) is 0 Å². The first kappa shape index (κ1) is 14.8. The van der Waals surface area contributed by atoms with Gasteiger partial charge in [-0.05, 0) is 6.92 Å². The zero-order valence-corrected chi connectivity index (χ0v) is 12.0. The van der Waals surface area contributed by atoms with E-state index in [1.54, 1.807) is 20.8 Å². The Morgan fingerprint density at radius 3 is 2.39 bits per heavy atom. The van der Waals surface area contributed by atoms with Crippen LogP contribution in [0.1, 0.15) is 44.7 Å². The number of hydrogen-bond acceptors (Lipinski definition) is 6. The molecule has 0 N–H and O–H groups in total. The SMILES string of the molecule is CC(c1noc(CC(=O)C(C)(C)C)n1)S(C)(=O)=O. The van der Waals surface area contributed by atoms with Crippen molar-refractivity contribution in [3.8, 4) is 0 Å².